The van der Waals surface area contributed by atoms with Crippen molar-refractivity contribution in [3.8, 4) is 0 Å². The number of halogens is 2. The molecule has 0 aliphatic carbocycles. The molecule has 6 heteroatoms. The van der Waals surface area contributed by atoms with Crippen LogP contribution in [0.3, 0.4) is 0 Å². The van der Waals surface area contributed by atoms with E-state index in [1.165, 1.54) is 0 Å². The molecule has 0 aromatic rings. The molecule has 0 aromatic heterocycles. The third-order valence-electron chi connectivity index (χ3n) is 2.29. The Morgan fingerprint density at radius 2 is 2.13 bits per heavy atom. The third-order valence-corrected chi connectivity index (χ3v) is 2.75. The van der Waals surface area contributed by atoms with Gasteiger partial charge in [0.2, 0.25) is 0 Å². The highest BCUT2D eigenvalue weighted by Gasteiger charge is 2.24. The predicted octanol–water partition coefficient (Wildman–Crippen LogP) is 1.04. The number of nitrogens with one attached hydrogen (secondary N) is 4. The summed E-state index contributed by atoms with van der Waals surface area (Å²) < 4.78 is 0. The van der Waals surface area contributed by atoms with E-state index in [-0.39, 0.29) is 23.1 Å². The molecular formula is C9H18Cl2N4. The maximum Gasteiger partial charge on any atom is 0.106 e. The van der Waals surface area contributed by atoms with E-state index in [0.717, 1.165) is 5.57 Å². The summed E-state index contributed by atoms with van der Waals surface area (Å²) >= 11 is 11.8. The molecule has 88 valence electrons. The second kappa shape index (κ2) is 6.03. The van der Waals surface area contributed by atoms with E-state index >= 15 is 0 Å². The quantitative estimate of drug-likeness (QED) is 0.256. The first-order valence-corrected chi connectivity index (χ1v) is 5.87. The summed E-state index contributed by atoms with van der Waals surface area (Å²) in [6.07, 6.45) is 0.685. The van der Waals surface area contributed by atoms with Crippen LogP contribution in [0.15, 0.2) is 12.2 Å². The zero-order valence-electron chi connectivity index (χ0n) is 8.98. The zero-order valence-corrected chi connectivity index (χ0v) is 10.5. The van der Waals surface area contributed by atoms with Crippen molar-refractivity contribution in [2.45, 2.75) is 43.4 Å². The number of alkyl halides is 2. The van der Waals surface area contributed by atoms with E-state index < -0.39 is 0 Å². The van der Waals surface area contributed by atoms with E-state index in [1.807, 2.05) is 13.8 Å². The molecule has 0 radical (unpaired) electrons. The van der Waals surface area contributed by atoms with Gasteiger partial charge in [0.1, 0.15) is 6.17 Å². The van der Waals surface area contributed by atoms with Gasteiger partial charge in [-0.05, 0) is 25.8 Å². The van der Waals surface area contributed by atoms with Gasteiger partial charge in [0.15, 0.2) is 0 Å². The van der Waals surface area contributed by atoms with E-state index in [0.29, 0.717) is 6.42 Å². The molecule has 0 bridgehead atoms. The van der Waals surface area contributed by atoms with E-state index in [2.05, 4.69) is 28.3 Å². The van der Waals surface area contributed by atoms with Gasteiger partial charge in [-0.15, -0.1) is 23.2 Å². The first kappa shape index (κ1) is 13.2. The van der Waals surface area contributed by atoms with Crippen LogP contribution in [0.2, 0.25) is 0 Å². The Kier molecular flexibility index (Phi) is 5.32. The van der Waals surface area contributed by atoms with Gasteiger partial charge in [-0.3, -0.25) is 0 Å². The number of hydrogen-bond donors (Lipinski definition) is 4. The summed E-state index contributed by atoms with van der Waals surface area (Å²) in [6.45, 7) is 7.91. The molecule has 1 rings (SSSR count). The second-order valence-electron chi connectivity index (χ2n) is 3.79. The largest absolute Gasteiger partial charge is 0.249 e. The maximum atomic E-state index is 6.00. The minimum Gasteiger partial charge on any atom is -0.249 e. The number of rotatable bonds is 5. The predicted molar refractivity (Wildman–Crippen MR) is 64.5 cm³/mol. The van der Waals surface area contributed by atoms with Crippen LogP contribution in [-0.4, -0.2) is 23.1 Å². The van der Waals surface area contributed by atoms with Crippen LogP contribution >= 0.6 is 23.2 Å². The van der Waals surface area contributed by atoms with E-state index in [4.69, 9.17) is 23.2 Å². The van der Waals surface area contributed by atoms with Crippen molar-refractivity contribution in [2.75, 3.05) is 0 Å². The van der Waals surface area contributed by atoms with Crippen molar-refractivity contribution in [3.63, 3.8) is 0 Å². The van der Waals surface area contributed by atoms with Crippen LogP contribution in [0.25, 0.3) is 0 Å². The van der Waals surface area contributed by atoms with Gasteiger partial charge < -0.3 is 0 Å². The Balaban J connectivity index is 2.23. The maximum absolute atomic E-state index is 6.00. The molecule has 1 saturated heterocycles. The molecule has 4 atom stereocenters. The average molecular weight is 253 g/mol. The van der Waals surface area contributed by atoms with E-state index in [9.17, 15) is 0 Å². The highest BCUT2D eigenvalue weighted by atomic mass is 35.5. The Labute approximate surface area is 101 Å². The molecule has 0 saturated carbocycles. The van der Waals surface area contributed by atoms with Gasteiger partial charge in [-0.2, -0.15) is 0 Å². The smallest absolute Gasteiger partial charge is 0.106 e. The standard InChI is InChI=1S/C9H18Cl2N4/c1-5(10)4-8(11)13-15-9-6(2)7(3)12-14-9/h5,7-9,12-15H,2,4H2,1,3H3/t5?,7-,8?,9?/m1/s1. The van der Waals surface area contributed by atoms with Crippen LogP contribution in [0.4, 0.5) is 0 Å². The molecule has 15 heavy (non-hydrogen) atoms. The molecule has 1 fully saturated rings. The molecule has 0 aromatic carbocycles. The lowest BCUT2D eigenvalue weighted by atomic mass is 10.1. The fourth-order valence-corrected chi connectivity index (χ4v) is 1.89. The SMILES string of the molecule is C=C1C(NNC(Cl)CC(C)Cl)NN[C@@H]1C. The molecule has 3 unspecified atom stereocenters. The van der Waals surface area contributed by atoms with Crippen molar-refractivity contribution in [1.29, 1.82) is 0 Å². The molecule has 1 heterocycles. The summed E-state index contributed by atoms with van der Waals surface area (Å²) in [5, 5.41) is 0.0542. The van der Waals surface area contributed by atoms with Gasteiger partial charge in [0, 0.05) is 11.4 Å². The van der Waals surface area contributed by atoms with Crippen molar-refractivity contribution < 1.29 is 0 Å². The molecule has 1 aliphatic rings. The monoisotopic (exact) mass is 252 g/mol. The van der Waals surface area contributed by atoms with Crippen molar-refractivity contribution in [1.82, 2.24) is 21.7 Å². The second-order valence-corrected chi connectivity index (χ2v) is 5.06. The minimum atomic E-state index is -0.192. The fourth-order valence-electron chi connectivity index (χ4n) is 1.29. The number of hydrazine groups is 2. The Morgan fingerprint density at radius 1 is 1.47 bits per heavy atom. The summed E-state index contributed by atoms with van der Waals surface area (Å²) in [4.78, 5) is 0. The lowest BCUT2D eigenvalue weighted by Gasteiger charge is -2.18. The molecule has 4 N–H and O–H groups in total. The molecule has 4 nitrogen and oxygen atoms in total. The summed E-state index contributed by atoms with van der Waals surface area (Å²) in [5.41, 5.74) is 13.0. The van der Waals surface area contributed by atoms with Crippen LogP contribution in [-0.2, 0) is 0 Å². The molecule has 0 spiro atoms. The van der Waals surface area contributed by atoms with Crippen LogP contribution < -0.4 is 21.7 Å². The van der Waals surface area contributed by atoms with Gasteiger partial charge in [-0.25, -0.2) is 21.7 Å². The Hall–Kier alpha value is 0.160. The van der Waals surface area contributed by atoms with Gasteiger partial charge >= 0.3 is 0 Å². The number of hydrogen-bond acceptors (Lipinski definition) is 4. The van der Waals surface area contributed by atoms with Crippen LogP contribution in [0.1, 0.15) is 20.3 Å². The molecular weight excluding hydrogens is 235 g/mol. The fraction of sp³-hybridized carbons (Fsp3) is 0.778. The van der Waals surface area contributed by atoms with Crippen molar-refractivity contribution in [2.24, 2.45) is 0 Å². The summed E-state index contributed by atoms with van der Waals surface area (Å²) in [7, 11) is 0. The van der Waals surface area contributed by atoms with Crippen molar-refractivity contribution in [3.05, 3.63) is 12.2 Å². The lowest BCUT2D eigenvalue weighted by Crippen LogP contribution is -2.51. The summed E-state index contributed by atoms with van der Waals surface area (Å²) in [5.74, 6) is 0. The van der Waals surface area contributed by atoms with Crippen molar-refractivity contribution >= 4 is 23.2 Å². The highest BCUT2D eigenvalue weighted by molar-refractivity contribution is 6.23. The molecule has 0 amide bonds. The van der Waals surface area contributed by atoms with Gasteiger partial charge in [0.05, 0.1) is 5.50 Å². The Bertz CT molecular complexity index is 222. The summed E-state index contributed by atoms with van der Waals surface area (Å²) in [6, 6.07) is 0.255. The van der Waals surface area contributed by atoms with Crippen LogP contribution in [0, 0.1) is 0 Å². The minimum absolute atomic E-state index is 0.00752. The zero-order chi connectivity index (χ0) is 11.4. The average Bonchev–Trinajstić information content (AvgIpc) is 2.44. The lowest BCUT2D eigenvalue weighted by molar-refractivity contribution is 0.398. The van der Waals surface area contributed by atoms with Gasteiger partial charge in [-0.1, -0.05) is 6.58 Å². The highest BCUT2D eigenvalue weighted by Crippen LogP contribution is 2.09. The van der Waals surface area contributed by atoms with Crippen LogP contribution in [0.5, 0.6) is 0 Å². The topological polar surface area (TPSA) is 48.1 Å². The van der Waals surface area contributed by atoms with Gasteiger partial charge in [0.25, 0.3) is 0 Å². The normalized spacial score (nSPS) is 30.5. The van der Waals surface area contributed by atoms with E-state index in [1.54, 1.807) is 0 Å². The third kappa shape index (κ3) is 4.26. The molecule has 1 aliphatic heterocycles. The first-order chi connectivity index (χ1) is 7.00. The Morgan fingerprint density at radius 3 is 2.60 bits per heavy atom. The first-order valence-electron chi connectivity index (χ1n) is 4.99.